The van der Waals surface area contributed by atoms with Crippen LogP contribution < -0.4 is 10.6 Å². The largest absolute Gasteiger partial charge is 0.364 e. The highest BCUT2D eigenvalue weighted by atomic mass is 19.1. The molecule has 2 aromatic rings. The Balaban J connectivity index is 1.69. The van der Waals surface area contributed by atoms with E-state index < -0.39 is 11.8 Å². The number of hydrogen-bond acceptors (Lipinski definition) is 3. The lowest BCUT2D eigenvalue weighted by Gasteiger charge is -2.07. The summed E-state index contributed by atoms with van der Waals surface area (Å²) < 4.78 is 18.0. The molecule has 0 spiro atoms. The van der Waals surface area contributed by atoms with Gasteiger partial charge in [0.05, 0.1) is 11.9 Å². The summed E-state index contributed by atoms with van der Waals surface area (Å²) in [5, 5.41) is 8.69. The molecule has 0 radical (unpaired) electrons. The van der Waals surface area contributed by atoms with Crippen molar-refractivity contribution in [1.29, 1.82) is 0 Å². The van der Waals surface area contributed by atoms with Gasteiger partial charge in [0.15, 0.2) is 0 Å². The number of urea groups is 1. The minimum absolute atomic E-state index is 0.166. The van der Waals surface area contributed by atoms with Crippen molar-refractivity contribution >= 4 is 11.7 Å². The second-order valence-corrected chi connectivity index (χ2v) is 4.00. The van der Waals surface area contributed by atoms with Gasteiger partial charge >= 0.3 is 6.03 Å². The van der Waals surface area contributed by atoms with Gasteiger partial charge in [-0.25, -0.2) is 9.18 Å². The molecule has 1 aromatic heterocycles. The number of hydrogen-bond donors (Lipinski definition) is 2. The summed E-state index contributed by atoms with van der Waals surface area (Å²) in [6.07, 6.45) is 4.73. The number of amides is 2. The zero-order valence-electron chi connectivity index (χ0n) is 10.2. The molecule has 1 aromatic carbocycles. The summed E-state index contributed by atoms with van der Waals surface area (Å²) in [5.74, 6) is -0.456. The van der Waals surface area contributed by atoms with Crippen molar-refractivity contribution in [2.24, 2.45) is 0 Å². The maximum absolute atomic E-state index is 13.3. The van der Waals surface area contributed by atoms with Crippen LogP contribution in [0.25, 0.3) is 0 Å². The lowest BCUT2D eigenvalue weighted by Crippen LogP contribution is -2.30. The molecule has 2 rings (SSSR count). The van der Waals surface area contributed by atoms with Gasteiger partial charge in [-0.1, -0.05) is 17.3 Å². The van der Waals surface area contributed by atoms with Gasteiger partial charge in [-0.15, -0.1) is 0 Å². The van der Waals surface area contributed by atoms with Crippen LogP contribution in [0.2, 0.25) is 0 Å². The first-order chi connectivity index (χ1) is 9.25. The third-order valence-corrected chi connectivity index (χ3v) is 2.53. The Morgan fingerprint density at radius 1 is 1.37 bits per heavy atom. The summed E-state index contributed by atoms with van der Waals surface area (Å²) in [4.78, 5) is 11.5. The fraction of sp³-hybridized carbons (Fsp3) is 0.231. The number of nitrogens with zero attached hydrogens (tertiary/aromatic N) is 1. The van der Waals surface area contributed by atoms with Gasteiger partial charge in [-0.3, -0.25) is 0 Å². The topological polar surface area (TPSA) is 67.2 Å². The van der Waals surface area contributed by atoms with Gasteiger partial charge < -0.3 is 15.2 Å². The predicted molar refractivity (Wildman–Crippen MR) is 68.2 cm³/mol. The average Bonchev–Trinajstić information content (AvgIpc) is 2.91. The molecule has 2 amide bonds. The van der Waals surface area contributed by atoms with E-state index in [1.165, 1.54) is 12.1 Å². The highest BCUT2D eigenvalue weighted by Crippen LogP contribution is 2.11. The van der Waals surface area contributed by atoms with Crippen LogP contribution in [0.3, 0.4) is 0 Å². The summed E-state index contributed by atoms with van der Waals surface area (Å²) in [6, 6.07) is 5.60. The number of aromatic nitrogens is 1. The fourth-order valence-corrected chi connectivity index (χ4v) is 1.57. The van der Waals surface area contributed by atoms with Gasteiger partial charge in [0.25, 0.3) is 0 Å². The van der Waals surface area contributed by atoms with E-state index in [0.29, 0.717) is 6.54 Å². The SMILES string of the molecule is O=C(NCCCc1cnoc1)Nc1ccccc1F. The Labute approximate surface area is 109 Å². The molecule has 0 aliphatic heterocycles. The van der Waals surface area contributed by atoms with E-state index in [4.69, 9.17) is 4.52 Å². The second-order valence-electron chi connectivity index (χ2n) is 4.00. The van der Waals surface area contributed by atoms with Crippen molar-refractivity contribution in [3.8, 4) is 0 Å². The van der Waals surface area contributed by atoms with Crippen LogP contribution in [0.5, 0.6) is 0 Å². The average molecular weight is 263 g/mol. The molecule has 0 fully saturated rings. The third-order valence-electron chi connectivity index (χ3n) is 2.53. The number of aryl methyl sites for hydroxylation is 1. The number of rotatable bonds is 5. The smallest absolute Gasteiger partial charge is 0.319 e. The molecule has 0 atom stereocenters. The standard InChI is InChI=1S/C13H14FN3O2/c14-11-5-1-2-6-12(11)17-13(18)15-7-3-4-10-8-16-19-9-10/h1-2,5-6,8-9H,3-4,7H2,(H2,15,17,18). The van der Waals surface area contributed by atoms with Gasteiger partial charge in [0, 0.05) is 12.1 Å². The number of carbonyl (C=O) groups is 1. The first-order valence-electron chi connectivity index (χ1n) is 5.93. The second kappa shape index (κ2) is 6.53. The lowest BCUT2D eigenvalue weighted by molar-refractivity contribution is 0.252. The first-order valence-corrected chi connectivity index (χ1v) is 5.93. The minimum atomic E-state index is -0.456. The van der Waals surface area contributed by atoms with Crippen molar-refractivity contribution < 1.29 is 13.7 Å². The van der Waals surface area contributed by atoms with Crippen LogP contribution in [0.1, 0.15) is 12.0 Å². The molecule has 0 bridgehead atoms. The van der Waals surface area contributed by atoms with Crippen molar-refractivity contribution in [2.45, 2.75) is 12.8 Å². The van der Waals surface area contributed by atoms with Gasteiger partial charge in [0.1, 0.15) is 12.1 Å². The monoisotopic (exact) mass is 263 g/mol. The van der Waals surface area contributed by atoms with E-state index in [9.17, 15) is 9.18 Å². The summed E-state index contributed by atoms with van der Waals surface area (Å²) in [6.45, 7) is 0.492. The first kappa shape index (κ1) is 13.1. The molecule has 6 heteroatoms. The maximum Gasteiger partial charge on any atom is 0.319 e. The molecule has 1 heterocycles. The van der Waals surface area contributed by atoms with Crippen LogP contribution in [0.4, 0.5) is 14.9 Å². The van der Waals surface area contributed by atoms with Gasteiger partial charge in [-0.05, 0) is 25.0 Å². The van der Waals surface area contributed by atoms with E-state index in [1.807, 2.05) is 0 Å². The van der Waals surface area contributed by atoms with Crippen molar-refractivity contribution in [3.63, 3.8) is 0 Å². The van der Waals surface area contributed by atoms with Crippen LogP contribution in [-0.4, -0.2) is 17.7 Å². The molecular formula is C13H14FN3O2. The van der Waals surface area contributed by atoms with Crippen LogP contribution in [0, 0.1) is 5.82 Å². The summed E-state index contributed by atoms with van der Waals surface area (Å²) in [7, 11) is 0. The third kappa shape index (κ3) is 4.09. The molecule has 100 valence electrons. The molecule has 19 heavy (non-hydrogen) atoms. The lowest BCUT2D eigenvalue weighted by atomic mass is 10.2. The fourth-order valence-electron chi connectivity index (χ4n) is 1.57. The Kier molecular flexibility index (Phi) is 4.49. The van der Waals surface area contributed by atoms with E-state index in [-0.39, 0.29) is 5.69 Å². The minimum Gasteiger partial charge on any atom is -0.364 e. The van der Waals surface area contributed by atoms with Gasteiger partial charge in [-0.2, -0.15) is 0 Å². The number of carbonyl (C=O) groups excluding carboxylic acids is 1. The molecule has 2 N–H and O–H groups in total. The Morgan fingerprint density at radius 3 is 2.95 bits per heavy atom. The molecule has 0 saturated carbocycles. The number of para-hydroxylation sites is 1. The highest BCUT2D eigenvalue weighted by molar-refractivity contribution is 5.89. The quantitative estimate of drug-likeness (QED) is 0.815. The Hall–Kier alpha value is -2.37. The Morgan fingerprint density at radius 2 is 2.21 bits per heavy atom. The zero-order valence-corrected chi connectivity index (χ0v) is 10.2. The number of benzene rings is 1. The highest BCUT2D eigenvalue weighted by Gasteiger charge is 2.05. The van der Waals surface area contributed by atoms with E-state index in [2.05, 4.69) is 15.8 Å². The van der Waals surface area contributed by atoms with E-state index in [1.54, 1.807) is 24.6 Å². The normalized spacial score (nSPS) is 10.2. The van der Waals surface area contributed by atoms with Crippen molar-refractivity contribution in [3.05, 3.63) is 48.1 Å². The van der Waals surface area contributed by atoms with E-state index >= 15 is 0 Å². The van der Waals surface area contributed by atoms with Crippen LogP contribution >= 0.6 is 0 Å². The predicted octanol–water partition coefficient (Wildman–Crippen LogP) is 2.57. The van der Waals surface area contributed by atoms with E-state index in [0.717, 1.165) is 18.4 Å². The van der Waals surface area contributed by atoms with Crippen LogP contribution in [-0.2, 0) is 6.42 Å². The number of nitrogens with one attached hydrogen (secondary N) is 2. The van der Waals surface area contributed by atoms with Crippen molar-refractivity contribution in [2.75, 3.05) is 11.9 Å². The van der Waals surface area contributed by atoms with Crippen LogP contribution in [0.15, 0.2) is 41.2 Å². The zero-order chi connectivity index (χ0) is 13.5. The molecule has 0 saturated heterocycles. The summed E-state index contributed by atoms with van der Waals surface area (Å²) in [5.41, 5.74) is 1.15. The summed E-state index contributed by atoms with van der Waals surface area (Å²) >= 11 is 0. The van der Waals surface area contributed by atoms with Gasteiger partial charge in [0.2, 0.25) is 0 Å². The Bertz CT molecular complexity index is 528. The molecular weight excluding hydrogens is 249 g/mol. The number of halogens is 1. The maximum atomic E-state index is 13.3. The number of anilines is 1. The molecule has 0 aliphatic carbocycles. The molecule has 0 unspecified atom stereocenters. The van der Waals surface area contributed by atoms with Crippen molar-refractivity contribution in [1.82, 2.24) is 10.5 Å². The molecule has 0 aliphatic rings. The molecule has 5 nitrogen and oxygen atoms in total.